The third-order valence-corrected chi connectivity index (χ3v) is 1.75. The quantitative estimate of drug-likeness (QED) is 0.381. The molecule has 82 valence electrons. The van der Waals surface area contributed by atoms with E-state index in [-0.39, 0.29) is 6.29 Å². The number of amides is 1. The number of aldehydes is 1. The molecule has 0 aromatic heterocycles. The average Bonchev–Trinajstić information content (AvgIpc) is 2.11. The maximum atomic E-state index is 10.7. The fourth-order valence-corrected chi connectivity index (χ4v) is 1.02. The zero-order valence-electron chi connectivity index (χ0n) is 8.04. The monoisotopic (exact) mass is 205 g/mol. The molecule has 0 fully saturated rings. The Labute approximate surface area is 81.5 Å². The molecule has 6 nitrogen and oxygen atoms in total. The van der Waals surface area contributed by atoms with Crippen LogP contribution in [-0.4, -0.2) is 51.9 Å². The molecule has 0 aromatic rings. The summed E-state index contributed by atoms with van der Waals surface area (Å²) < 4.78 is 0. The van der Waals surface area contributed by atoms with Crippen molar-refractivity contribution >= 4 is 12.2 Å². The summed E-state index contributed by atoms with van der Waals surface area (Å²) in [5.74, 6) is -0.465. The van der Waals surface area contributed by atoms with E-state index in [1.54, 1.807) is 0 Å². The van der Waals surface area contributed by atoms with Gasteiger partial charge in [-0.2, -0.15) is 0 Å². The molecule has 0 rings (SSSR count). The van der Waals surface area contributed by atoms with Crippen LogP contribution < -0.4 is 5.32 Å². The minimum Gasteiger partial charge on any atom is -0.391 e. The van der Waals surface area contributed by atoms with Crippen LogP contribution in [0.3, 0.4) is 0 Å². The van der Waals surface area contributed by atoms with Gasteiger partial charge in [-0.25, -0.2) is 0 Å². The van der Waals surface area contributed by atoms with Gasteiger partial charge < -0.3 is 25.4 Å². The maximum absolute atomic E-state index is 10.7. The SMILES string of the molecule is CC(=O)N[C@H]([C@H](O)[C@@H](O)C=O)[C@@H](C)O. The Morgan fingerprint density at radius 3 is 2.14 bits per heavy atom. The Balaban J connectivity index is 4.47. The second-order valence-corrected chi connectivity index (χ2v) is 3.08. The van der Waals surface area contributed by atoms with Gasteiger partial charge in [-0.05, 0) is 6.92 Å². The van der Waals surface area contributed by atoms with Crippen molar-refractivity contribution in [3.63, 3.8) is 0 Å². The van der Waals surface area contributed by atoms with Crippen LogP contribution in [0, 0.1) is 0 Å². The molecule has 6 heteroatoms. The van der Waals surface area contributed by atoms with Gasteiger partial charge in [0.25, 0.3) is 0 Å². The Kier molecular flexibility index (Phi) is 5.29. The molecule has 4 N–H and O–H groups in total. The molecule has 4 atom stereocenters. The number of nitrogens with one attached hydrogen (secondary N) is 1. The molecule has 1 amide bonds. The molecule has 0 saturated heterocycles. The summed E-state index contributed by atoms with van der Waals surface area (Å²) in [5.41, 5.74) is 0. The third kappa shape index (κ3) is 3.82. The topological polar surface area (TPSA) is 107 Å². The van der Waals surface area contributed by atoms with Gasteiger partial charge in [-0.1, -0.05) is 0 Å². The van der Waals surface area contributed by atoms with Crippen molar-refractivity contribution < 1.29 is 24.9 Å². The molecule has 0 saturated carbocycles. The van der Waals surface area contributed by atoms with Gasteiger partial charge in [-0.3, -0.25) is 4.79 Å². The van der Waals surface area contributed by atoms with Gasteiger partial charge in [0.1, 0.15) is 12.2 Å². The highest BCUT2D eigenvalue weighted by atomic mass is 16.3. The van der Waals surface area contributed by atoms with Crippen LogP contribution in [0.5, 0.6) is 0 Å². The van der Waals surface area contributed by atoms with E-state index >= 15 is 0 Å². The molecule has 0 unspecified atom stereocenters. The van der Waals surface area contributed by atoms with Gasteiger partial charge in [0.15, 0.2) is 6.29 Å². The molecule has 0 heterocycles. The van der Waals surface area contributed by atoms with E-state index in [1.807, 2.05) is 0 Å². The number of aliphatic hydroxyl groups excluding tert-OH is 3. The zero-order valence-corrected chi connectivity index (χ0v) is 8.04. The lowest BCUT2D eigenvalue weighted by molar-refractivity contribution is -0.128. The van der Waals surface area contributed by atoms with Gasteiger partial charge in [-0.15, -0.1) is 0 Å². The van der Waals surface area contributed by atoms with E-state index < -0.39 is 30.3 Å². The van der Waals surface area contributed by atoms with E-state index in [4.69, 9.17) is 5.11 Å². The maximum Gasteiger partial charge on any atom is 0.217 e. The Morgan fingerprint density at radius 1 is 1.36 bits per heavy atom. The molecule has 0 radical (unpaired) electrons. The second kappa shape index (κ2) is 5.69. The molecular weight excluding hydrogens is 190 g/mol. The fraction of sp³-hybridized carbons (Fsp3) is 0.750. The summed E-state index contributed by atoms with van der Waals surface area (Å²) in [5, 5.41) is 29.7. The van der Waals surface area contributed by atoms with Crippen molar-refractivity contribution in [3.05, 3.63) is 0 Å². The molecule has 0 aromatic carbocycles. The highest BCUT2D eigenvalue weighted by Gasteiger charge is 2.30. The predicted octanol–water partition coefficient (Wildman–Crippen LogP) is -2.21. The Bertz CT molecular complexity index is 206. The van der Waals surface area contributed by atoms with Crippen molar-refractivity contribution in [2.24, 2.45) is 0 Å². The number of hydrogen-bond acceptors (Lipinski definition) is 5. The number of aliphatic hydroxyl groups is 3. The van der Waals surface area contributed by atoms with Crippen LogP contribution in [0.1, 0.15) is 13.8 Å². The van der Waals surface area contributed by atoms with Crippen molar-refractivity contribution in [3.8, 4) is 0 Å². The van der Waals surface area contributed by atoms with Crippen molar-refractivity contribution in [2.75, 3.05) is 0 Å². The van der Waals surface area contributed by atoms with Crippen LogP contribution in [0.25, 0.3) is 0 Å². The standard InChI is InChI=1S/C8H15NO5/c1-4(11)7(9-5(2)12)8(14)6(13)3-10/h3-4,6-8,11,13-14H,1-2H3,(H,9,12)/t4-,6+,7+,8-/m1/s1. The first kappa shape index (κ1) is 13.0. The van der Waals surface area contributed by atoms with E-state index in [0.717, 1.165) is 0 Å². The van der Waals surface area contributed by atoms with E-state index in [1.165, 1.54) is 13.8 Å². The summed E-state index contributed by atoms with van der Waals surface area (Å²) in [6.07, 6.45) is -4.07. The minimum absolute atomic E-state index is 0.141. The molecule has 0 aliphatic heterocycles. The molecule has 0 aliphatic carbocycles. The van der Waals surface area contributed by atoms with Crippen LogP contribution >= 0.6 is 0 Å². The molecule has 0 bridgehead atoms. The van der Waals surface area contributed by atoms with Gasteiger partial charge in [0, 0.05) is 6.92 Å². The summed E-state index contributed by atoms with van der Waals surface area (Å²) in [6.45, 7) is 2.54. The van der Waals surface area contributed by atoms with Crippen LogP contribution in [-0.2, 0) is 9.59 Å². The average molecular weight is 205 g/mol. The number of rotatable bonds is 5. The Hall–Kier alpha value is -0.980. The number of carbonyl (C=O) groups excluding carboxylic acids is 2. The van der Waals surface area contributed by atoms with Crippen LogP contribution in [0.4, 0.5) is 0 Å². The van der Waals surface area contributed by atoms with Gasteiger partial charge >= 0.3 is 0 Å². The largest absolute Gasteiger partial charge is 0.391 e. The van der Waals surface area contributed by atoms with Gasteiger partial charge in [0.2, 0.25) is 5.91 Å². The lowest BCUT2D eigenvalue weighted by atomic mass is 10.0. The van der Waals surface area contributed by atoms with Crippen LogP contribution in [0.15, 0.2) is 0 Å². The lowest BCUT2D eigenvalue weighted by Crippen LogP contribution is -2.53. The first-order valence-electron chi connectivity index (χ1n) is 4.16. The third-order valence-electron chi connectivity index (χ3n) is 1.75. The van der Waals surface area contributed by atoms with Crippen molar-refractivity contribution in [2.45, 2.75) is 38.2 Å². The number of carbonyl (C=O) groups is 2. The first-order chi connectivity index (χ1) is 6.40. The second-order valence-electron chi connectivity index (χ2n) is 3.08. The zero-order chi connectivity index (χ0) is 11.3. The summed E-state index contributed by atoms with van der Waals surface area (Å²) in [6, 6.07) is -1.06. The summed E-state index contributed by atoms with van der Waals surface area (Å²) in [4.78, 5) is 20.8. The van der Waals surface area contributed by atoms with E-state index in [2.05, 4.69) is 5.32 Å². The molecule has 0 spiro atoms. The minimum atomic E-state index is -1.62. The number of hydrogen-bond donors (Lipinski definition) is 4. The van der Waals surface area contributed by atoms with Gasteiger partial charge in [0.05, 0.1) is 12.1 Å². The van der Waals surface area contributed by atoms with Crippen molar-refractivity contribution in [1.29, 1.82) is 0 Å². The molecule has 14 heavy (non-hydrogen) atoms. The fourth-order valence-electron chi connectivity index (χ4n) is 1.02. The van der Waals surface area contributed by atoms with Crippen molar-refractivity contribution in [1.82, 2.24) is 5.32 Å². The first-order valence-corrected chi connectivity index (χ1v) is 4.16. The molecular formula is C8H15NO5. The van der Waals surface area contributed by atoms with E-state index in [9.17, 15) is 19.8 Å². The highest BCUT2D eigenvalue weighted by molar-refractivity contribution is 5.73. The normalized spacial score (nSPS) is 19.2. The smallest absolute Gasteiger partial charge is 0.217 e. The predicted molar refractivity (Wildman–Crippen MR) is 47.4 cm³/mol. The summed E-state index contributed by atoms with van der Waals surface area (Å²) in [7, 11) is 0. The highest BCUT2D eigenvalue weighted by Crippen LogP contribution is 2.03. The summed E-state index contributed by atoms with van der Waals surface area (Å²) >= 11 is 0. The Morgan fingerprint density at radius 2 is 1.86 bits per heavy atom. The van der Waals surface area contributed by atoms with E-state index in [0.29, 0.717) is 0 Å². The lowest BCUT2D eigenvalue weighted by Gasteiger charge is -2.27. The van der Waals surface area contributed by atoms with Crippen LogP contribution in [0.2, 0.25) is 0 Å². The molecule has 0 aliphatic rings.